The number of benzene rings is 2. The maximum Gasteiger partial charge on any atom is 0.304 e. The number of nitrogens with zero attached hydrogens (tertiary/aromatic N) is 2. The minimum atomic E-state index is -3.57. The SMILES string of the molecule is CS(=O)(=O)c1cc(-c2csc(CNC(=O)C3(CC(=O)O)Cc4ccccc4C3)n2)ccc1OCCCN1CCOCC1. The van der Waals surface area contributed by atoms with Gasteiger partial charge in [0.25, 0.3) is 0 Å². The van der Waals surface area contributed by atoms with Gasteiger partial charge in [-0.2, -0.15) is 0 Å². The van der Waals surface area contributed by atoms with E-state index in [4.69, 9.17) is 9.47 Å². The van der Waals surface area contributed by atoms with Crippen LogP contribution in [0, 0.1) is 5.41 Å². The van der Waals surface area contributed by atoms with Gasteiger partial charge in [-0.1, -0.05) is 24.3 Å². The Labute approximate surface area is 249 Å². The van der Waals surface area contributed by atoms with E-state index in [0.717, 1.165) is 56.7 Å². The molecule has 2 aromatic carbocycles. The summed E-state index contributed by atoms with van der Waals surface area (Å²) in [5.41, 5.74) is 2.16. The molecular formula is C30H35N3O7S2. The third-order valence-electron chi connectivity index (χ3n) is 7.72. The molecule has 2 heterocycles. The van der Waals surface area contributed by atoms with Gasteiger partial charge in [0.1, 0.15) is 15.7 Å². The Morgan fingerprint density at radius 1 is 1.14 bits per heavy atom. The smallest absolute Gasteiger partial charge is 0.304 e. The molecule has 224 valence electrons. The Balaban J connectivity index is 1.23. The number of carboxylic acids is 1. The molecule has 1 aromatic heterocycles. The number of ether oxygens (including phenoxy) is 2. The Kier molecular flexibility index (Phi) is 9.26. The van der Waals surface area contributed by atoms with Gasteiger partial charge in [-0.3, -0.25) is 14.5 Å². The highest BCUT2D eigenvalue weighted by atomic mass is 32.2. The molecule has 42 heavy (non-hydrogen) atoms. The van der Waals surface area contributed by atoms with Crippen LogP contribution < -0.4 is 10.1 Å². The normalized spacial score (nSPS) is 16.6. The summed E-state index contributed by atoms with van der Waals surface area (Å²) >= 11 is 1.34. The predicted octanol–water partition coefficient (Wildman–Crippen LogP) is 3.19. The monoisotopic (exact) mass is 613 g/mol. The molecule has 1 fully saturated rings. The Morgan fingerprint density at radius 3 is 2.52 bits per heavy atom. The van der Waals surface area contributed by atoms with Gasteiger partial charge < -0.3 is 19.9 Å². The van der Waals surface area contributed by atoms with Crippen LogP contribution in [0.1, 0.15) is 29.0 Å². The van der Waals surface area contributed by atoms with Crippen molar-refractivity contribution in [1.82, 2.24) is 15.2 Å². The zero-order valence-electron chi connectivity index (χ0n) is 23.5. The average Bonchev–Trinajstić information content (AvgIpc) is 3.59. The first-order chi connectivity index (χ1) is 20.1. The largest absolute Gasteiger partial charge is 0.492 e. The van der Waals surface area contributed by atoms with Crippen LogP contribution in [0.25, 0.3) is 11.3 Å². The number of carboxylic acid groups (broad SMARTS) is 1. The highest BCUT2D eigenvalue weighted by Crippen LogP contribution is 2.40. The predicted molar refractivity (Wildman–Crippen MR) is 158 cm³/mol. The summed E-state index contributed by atoms with van der Waals surface area (Å²) in [4.78, 5) is 32.0. The molecule has 5 rings (SSSR count). The summed E-state index contributed by atoms with van der Waals surface area (Å²) in [5.74, 6) is -1.01. The van der Waals surface area contributed by atoms with Crippen LogP contribution in [0.3, 0.4) is 0 Å². The second-order valence-corrected chi connectivity index (χ2v) is 13.8. The number of sulfone groups is 1. The van der Waals surface area contributed by atoms with Gasteiger partial charge in [-0.15, -0.1) is 11.3 Å². The molecule has 2 aliphatic rings. The molecule has 0 radical (unpaired) electrons. The molecule has 12 heteroatoms. The van der Waals surface area contributed by atoms with E-state index in [2.05, 4.69) is 15.2 Å². The third-order valence-corrected chi connectivity index (χ3v) is 9.68. The number of fused-ring (bicyclic) bond motifs is 1. The van der Waals surface area contributed by atoms with Crippen LogP contribution in [0.2, 0.25) is 0 Å². The van der Waals surface area contributed by atoms with Gasteiger partial charge >= 0.3 is 5.97 Å². The quantitative estimate of drug-likeness (QED) is 0.295. The number of morpholine rings is 1. The van der Waals surface area contributed by atoms with Crippen molar-refractivity contribution in [3.8, 4) is 17.0 Å². The molecule has 0 unspecified atom stereocenters. The first kappa shape index (κ1) is 30.1. The van der Waals surface area contributed by atoms with Crippen LogP contribution in [0.4, 0.5) is 0 Å². The van der Waals surface area contributed by atoms with Crippen LogP contribution in [0.15, 0.2) is 52.7 Å². The molecular weight excluding hydrogens is 578 g/mol. The summed E-state index contributed by atoms with van der Waals surface area (Å²) in [6, 6.07) is 12.7. The number of rotatable bonds is 12. The van der Waals surface area contributed by atoms with Crippen molar-refractivity contribution in [3.05, 3.63) is 64.0 Å². The highest BCUT2D eigenvalue weighted by Gasteiger charge is 2.45. The van der Waals surface area contributed by atoms with E-state index in [-0.39, 0.29) is 23.8 Å². The van der Waals surface area contributed by atoms with Crippen LogP contribution in [-0.4, -0.2) is 81.0 Å². The fraction of sp³-hybridized carbons (Fsp3) is 0.433. The van der Waals surface area contributed by atoms with Crippen LogP contribution in [-0.2, 0) is 43.5 Å². The minimum absolute atomic E-state index is 0.102. The molecule has 10 nitrogen and oxygen atoms in total. The second-order valence-electron chi connectivity index (χ2n) is 10.9. The molecule has 0 spiro atoms. The third kappa shape index (κ3) is 7.17. The lowest BCUT2D eigenvalue weighted by atomic mass is 9.80. The number of carbonyl (C=O) groups excluding carboxylic acids is 1. The van der Waals surface area contributed by atoms with Crippen LogP contribution in [0.5, 0.6) is 5.75 Å². The zero-order valence-corrected chi connectivity index (χ0v) is 25.1. The minimum Gasteiger partial charge on any atom is -0.492 e. The maximum absolute atomic E-state index is 13.3. The van der Waals surface area contributed by atoms with Crippen molar-refractivity contribution in [3.63, 3.8) is 0 Å². The number of hydrogen-bond acceptors (Lipinski definition) is 9. The number of thiazole rings is 1. The molecule has 1 amide bonds. The van der Waals surface area contributed by atoms with Gasteiger partial charge in [0, 0.05) is 36.8 Å². The van der Waals surface area contributed by atoms with E-state index in [9.17, 15) is 23.1 Å². The number of amides is 1. The molecule has 0 bridgehead atoms. The van der Waals surface area contributed by atoms with Crippen molar-refractivity contribution >= 4 is 33.1 Å². The summed E-state index contributed by atoms with van der Waals surface area (Å²) in [6.45, 7) is 4.63. The fourth-order valence-corrected chi connectivity index (χ4v) is 7.17. The number of nitrogens with one attached hydrogen (secondary N) is 1. The molecule has 1 aliphatic carbocycles. The molecule has 1 saturated heterocycles. The summed E-state index contributed by atoms with van der Waals surface area (Å²) in [5, 5.41) is 14.9. The topological polar surface area (TPSA) is 135 Å². The number of aliphatic carboxylic acids is 1. The summed E-state index contributed by atoms with van der Waals surface area (Å²) in [6.07, 6.45) is 2.42. The molecule has 0 atom stereocenters. The van der Waals surface area contributed by atoms with Gasteiger partial charge in [0.15, 0.2) is 9.84 Å². The van der Waals surface area contributed by atoms with E-state index >= 15 is 0 Å². The first-order valence-corrected chi connectivity index (χ1v) is 16.7. The van der Waals surface area contributed by atoms with Gasteiger partial charge in [0.05, 0.1) is 43.9 Å². The highest BCUT2D eigenvalue weighted by molar-refractivity contribution is 7.90. The lowest BCUT2D eigenvalue weighted by molar-refractivity contribution is -0.145. The molecule has 0 saturated carbocycles. The Bertz CT molecular complexity index is 1520. The fourth-order valence-electron chi connectivity index (χ4n) is 5.59. The maximum atomic E-state index is 13.3. The molecule has 1 aliphatic heterocycles. The van der Waals surface area contributed by atoms with Gasteiger partial charge in [-0.25, -0.2) is 13.4 Å². The molecule has 2 N–H and O–H groups in total. The van der Waals surface area contributed by atoms with Gasteiger partial charge in [0.2, 0.25) is 5.91 Å². The Morgan fingerprint density at radius 2 is 1.86 bits per heavy atom. The van der Waals surface area contributed by atoms with E-state index in [0.29, 0.717) is 41.5 Å². The molecule has 3 aromatic rings. The van der Waals surface area contributed by atoms with Crippen molar-refractivity contribution in [2.75, 3.05) is 45.7 Å². The lowest BCUT2D eigenvalue weighted by Gasteiger charge is -2.26. The average molecular weight is 614 g/mol. The second kappa shape index (κ2) is 12.9. The van der Waals surface area contributed by atoms with Crippen molar-refractivity contribution in [2.45, 2.75) is 37.1 Å². The van der Waals surface area contributed by atoms with Crippen molar-refractivity contribution in [1.29, 1.82) is 0 Å². The van der Waals surface area contributed by atoms with Gasteiger partial charge in [-0.05, 0) is 48.6 Å². The van der Waals surface area contributed by atoms with E-state index in [1.54, 1.807) is 18.2 Å². The summed E-state index contributed by atoms with van der Waals surface area (Å²) < 4.78 is 36.5. The van der Waals surface area contributed by atoms with E-state index in [1.165, 1.54) is 11.3 Å². The van der Waals surface area contributed by atoms with Crippen LogP contribution >= 0.6 is 11.3 Å². The van der Waals surface area contributed by atoms with Crippen molar-refractivity contribution in [2.24, 2.45) is 5.41 Å². The number of aromatic nitrogens is 1. The zero-order chi connectivity index (χ0) is 29.7. The van der Waals surface area contributed by atoms with Crippen molar-refractivity contribution < 1.29 is 32.6 Å². The lowest BCUT2D eigenvalue weighted by Crippen LogP contribution is -2.43. The number of carbonyl (C=O) groups is 2. The van der Waals surface area contributed by atoms with E-state index < -0.39 is 21.2 Å². The van der Waals surface area contributed by atoms with E-state index in [1.807, 2.05) is 29.6 Å². The summed E-state index contributed by atoms with van der Waals surface area (Å²) in [7, 11) is -3.57. The Hall–Kier alpha value is -3.32. The first-order valence-electron chi connectivity index (χ1n) is 13.9. The number of hydrogen-bond donors (Lipinski definition) is 2. The standard InChI is InChI=1S/C30H35N3O7S2/c1-42(37,38)26-15-21(7-8-25(26)40-12-4-9-33-10-13-39-14-11-33)24-20-41-27(32-24)19-31-29(36)30(18-28(34)35)16-22-5-2-3-6-23(22)17-30/h2-3,5-8,15,20H,4,9-14,16-19H2,1H3,(H,31,36)(H,34,35).